The molecule has 0 radical (unpaired) electrons. The molecule has 0 spiro atoms. The number of aliphatic hydroxyl groups excluding tert-OH is 1. The molecular weight excluding hydrogens is 375 g/mol. The van der Waals surface area contributed by atoms with Crippen LogP contribution >= 0.6 is 7.26 Å². The van der Waals surface area contributed by atoms with Crippen LogP contribution in [0, 0.1) is 22.2 Å². The standard InChI is InChI=1S/C22H45O5P/c1-11-17(2)18(24)26-15-22(7,13-23)19(25)27-14-20(3,4)12-21(5,6)16-28(8,9)10/h17,23,28H,11-16H2,1-10H3. The first-order valence-electron chi connectivity index (χ1n) is 10.4. The third kappa shape index (κ3) is 10.2. The van der Waals surface area contributed by atoms with Crippen LogP contribution in [0.4, 0.5) is 0 Å². The number of hydrogen-bond donors (Lipinski definition) is 1. The summed E-state index contributed by atoms with van der Waals surface area (Å²) in [6, 6.07) is 0. The molecule has 1 N–H and O–H groups in total. The number of aliphatic hydroxyl groups is 1. The molecule has 0 aliphatic carbocycles. The molecule has 2 atom stereocenters. The number of ether oxygens (including phenoxy) is 2. The van der Waals surface area contributed by atoms with Crippen molar-refractivity contribution in [2.45, 2.75) is 61.3 Å². The fraction of sp³-hybridized carbons (Fsp3) is 0.909. The summed E-state index contributed by atoms with van der Waals surface area (Å²) < 4.78 is 10.8. The van der Waals surface area contributed by atoms with Crippen LogP contribution in [-0.2, 0) is 19.1 Å². The molecule has 0 amide bonds. The molecule has 0 bridgehead atoms. The van der Waals surface area contributed by atoms with Gasteiger partial charge in [-0.2, -0.15) is 0 Å². The molecule has 6 heteroatoms. The number of carbonyl (C=O) groups is 2. The summed E-state index contributed by atoms with van der Waals surface area (Å²) in [5, 5.41) is 9.72. The molecule has 28 heavy (non-hydrogen) atoms. The molecule has 0 aromatic rings. The van der Waals surface area contributed by atoms with Gasteiger partial charge in [0.05, 0.1) is 0 Å². The van der Waals surface area contributed by atoms with E-state index in [1.54, 1.807) is 13.8 Å². The van der Waals surface area contributed by atoms with Gasteiger partial charge >= 0.3 is 153 Å². The van der Waals surface area contributed by atoms with Crippen LogP contribution in [0.15, 0.2) is 0 Å². The van der Waals surface area contributed by atoms with Crippen molar-refractivity contribution in [1.82, 2.24) is 0 Å². The van der Waals surface area contributed by atoms with Crippen molar-refractivity contribution in [3.8, 4) is 0 Å². The fourth-order valence-corrected chi connectivity index (χ4v) is 6.98. The zero-order valence-corrected chi connectivity index (χ0v) is 20.9. The van der Waals surface area contributed by atoms with Gasteiger partial charge in [0.25, 0.3) is 0 Å². The van der Waals surface area contributed by atoms with E-state index in [0.717, 1.165) is 6.42 Å². The first-order valence-corrected chi connectivity index (χ1v) is 14.1. The van der Waals surface area contributed by atoms with Crippen molar-refractivity contribution in [3.05, 3.63) is 0 Å². The summed E-state index contributed by atoms with van der Waals surface area (Å²) in [6.45, 7) is 20.8. The van der Waals surface area contributed by atoms with E-state index >= 15 is 0 Å². The predicted octanol–water partition coefficient (Wildman–Crippen LogP) is 4.20. The Bertz CT molecular complexity index is 522. The molecule has 0 saturated heterocycles. The summed E-state index contributed by atoms with van der Waals surface area (Å²) in [5.41, 5.74) is -1.25. The summed E-state index contributed by atoms with van der Waals surface area (Å²) >= 11 is 0. The fourth-order valence-electron chi connectivity index (χ4n) is 3.99. The molecule has 0 fully saturated rings. The van der Waals surface area contributed by atoms with Crippen molar-refractivity contribution < 1.29 is 24.2 Å². The molecule has 0 rings (SSSR count). The first kappa shape index (κ1) is 27.3. The SMILES string of the molecule is CCC(C)C(=O)OCC(C)(CO)C(=O)OCC(C)(C)CC(C)(C)C[PH](C)(C)C. The van der Waals surface area contributed by atoms with Gasteiger partial charge in [0.15, 0.2) is 0 Å². The molecule has 0 aromatic carbocycles. The Kier molecular flexibility index (Phi) is 10.1. The van der Waals surface area contributed by atoms with Crippen molar-refractivity contribution in [2.24, 2.45) is 22.2 Å². The third-order valence-electron chi connectivity index (χ3n) is 4.95. The molecule has 0 aliphatic rings. The summed E-state index contributed by atoms with van der Waals surface area (Å²) in [6.07, 6.45) is 2.81. The monoisotopic (exact) mass is 420 g/mol. The van der Waals surface area contributed by atoms with Crippen molar-refractivity contribution in [3.63, 3.8) is 0 Å². The minimum atomic E-state index is -1.24. The quantitative estimate of drug-likeness (QED) is 0.378. The van der Waals surface area contributed by atoms with Crippen molar-refractivity contribution in [2.75, 3.05) is 46.0 Å². The zero-order valence-electron chi connectivity index (χ0n) is 19.9. The van der Waals surface area contributed by atoms with Crippen LogP contribution in [0.5, 0.6) is 0 Å². The van der Waals surface area contributed by atoms with Gasteiger partial charge in [-0.1, -0.05) is 13.8 Å². The van der Waals surface area contributed by atoms with E-state index < -0.39 is 25.3 Å². The second kappa shape index (κ2) is 10.4. The Labute approximate surface area is 173 Å². The Morgan fingerprint density at radius 2 is 1.50 bits per heavy atom. The van der Waals surface area contributed by atoms with Crippen molar-refractivity contribution in [1.29, 1.82) is 0 Å². The Morgan fingerprint density at radius 3 is 1.93 bits per heavy atom. The van der Waals surface area contributed by atoms with Gasteiger partial charge in [0.1, 0.15) is 0 Å². The van der Waals surface area contributed by atoms with E-state index in [2.05, 4.69) is 47.7 Å². The number of esters is 2. The van der Waals surface area contributed by atoms with Crippen LogP contribution in [0.1, 0.15) is 61.3 Å². The minimum absolute atomic E-state index is 0.173. The summed E-state index contributed by atoms with van der Waals surface area (Å²) in [7, 11) is -1.20. The van der Waals surface area contributed by atoms with E-state index in [9.17, 15) is 14.7 Å². The van der Waals surface area contributed by atoms with E-state index in [1.807, 2.05) is 6.92 Å². The van der Waals surface area contributed by atoms with Gasteiger partial charge in [-0.05, 0) is 6.42 Å². The van der Waals surface area contributed by atoms with Crippen molar-refractivity contribution >= 4 is 19.2 Å². The van der Waals surface area contributed by atoms with Gasteiger partial charge < -0.3 is 0 Å². The normalized spacial score (nSPS) is 16.8. The summed E-state index contributed by atoms with van der Waals surface area (Å²) in [4.78, 5) is 24.5. The van der Waals surface area contributed by atoms with Crippen LogP contribution in [-0.4, -0.2) is 63.0 Å². The molecule has 2 unspecified atom stereocenters. The second-order valence-electron chi connectivity index (χ2n) is 11.5. The molecule has 0 aliphatic heterocycles. The Hall–Kier alpha value is -0.670. The average Bonchev–Trinajstić information content (AvgIpc) is 2.52. The molecule has 168 valence electrons. The molecule has 5 nitrogen and oxygen atoms in total. The maximum atomic E-state index is 12.6. The number of carbonyl (C=O) groups excluding carboxylic acids is 2. The van der Waals surface area contributed by atoms with Crippen LogP contribution in [0.2, 0.25) is 0 Å². The predicted molar refractivity (Wildman–Crippen MR) is 120 cm³/mol. The maximum absolute atomic E-state index is 12.6. The molecule has 0 heterocycles. The average molecular weight is 421 g/mol. The third-order valence-corrected chi connectivity index (χ3v) is 6.97. The van der Waals surface area contributed by atoms with Gasteiger partial charge in [0, 0.05) is 0 Å². The topological polar surface area (TPSA) is 72.8 Å². The van der Waals surface area contributed by atoms with Gasteiger partial charge in [-0.25, -0.2) is 0 Å². The number of rotatable bonds is 12. The van der Waals surface area contributed by atoms with Gasteiger partial charge in [-0.3, -0.25) is 0 Å². The van der Waals surface area contributed by atoms with E-state index in [4.69, 9.17) is 9.47 Å². The Morgan fingerprint density at radius 1 is 0.964 bits per heavy atom. The van der Waals surface area contributed by atoms with E-state index in [0.29, 0.717) is 6.42 Å². The van der Waals surface area contributed by atoms with Crippen LogP contribution in [0.3, 0.4) is 0 Å². The summed E-state index contributed by atoms with van der Waals surface area (Å²) in [5.74, 6) is -1.11. The molecular formula is C22H45O5P. The number of hydrogen-bond acceptors (Lipinski definition) is 5. The van der Waals surface area contributed by atoms with Gasteiger partial charge in [0.2, 0.25) is 0 Å². The zero-order chi connectivity index (χ0) is 22.4. The van der Waals surface area contributed by atoms with Gasteiger partial charge in [-0.15, -0.1) is 0 Å². The van der Waals surface area contributed by atoms with E-state index in [-0.39, 0.29) is 35.9 Å². The Balaban J connectivity index is 4.86. The van der Waals surface area contributed by atoms with E-state index in [1.165, 1.54) is 6.16 Å². The van der Waals surface area contributed by atoms with Crippen LogP contribution in [0.25, 0.3) is 0 Å². The van der Waals surface area contributed by atoms with Crippen LogP contribution < -0.4 is 0 Å². The second-order valence-corrected chi connectivity index (χ2v) is 16.9. The molecule has 0 saturated carbocycles. The molecule has 0 aromatic heterocycles. The first-order chi connectivity index (χ1) is 12.5.